The van der Waals surface area contributed by atoms with Crippen LogP contribution in [0.3, 0.4) is 0 Å². The van der Waals surface area contributed by atoms with E-state index in [9.17, 15) is 13.2 Å². The molecule has 0 aliphatic heterocycles. The first-order chi connectivity index (χ1) is 13.9. The summed E-state index contributed by atoms with van der Waals surface area (Å²) in [7, 11) is -2.36. The van der Waals surface area contributed by atoms with Crippen LogP contribution in [0, 0.1) is 18.8 Å². The Bertz CT molecular complexity index is 1200. The number of nitrogens with one attached hydrogen (secondary N) is 1. The van der Waals surface area contributed by atoms with Crippen molar-refractivity contribution in [3.8, 4) is 11.8 Å². The van der Waals surface area contributed by atoms with Crippen LogP contribution in [-0.2, 0) is 14.8 Å². The molecule has 3 aromatic carbocycles. The number of anilines is 1. The van der Waals surface area contributed by atoms with Crippen molar-refractivity contribution in [2.24, 2.45) is 0 Å². The molecular formula is C23H19NO4S. The van der Waals surface area contributed by atoms with Gasteiger partial charge in [0, 0.05) is 11.1 Å². The minimum atomic E-state index is -3.68. The van der Waals surface area contributed by atoms with Gasteiger partial charge < -0.3 is 4.74 Å². The summed E-state index contributed by atoms with van der Waals surface area (Å²) < 4.78 is 32.4. The van der Waals surface area contributed by atoms with Crippen molar-refractivity contribution in [3.05, 3.63) is 95.1 Å². The van der Waals surface area contributed by atoms with Crippen LogP contribution in [0.25, 0.3) is 0 Å². The number of ether oxygens (including phenoxy) is 1. The fraction of sp³-hybridized carbons (Fsp3) is 0.0870. The Morgan fingerprint density at radius 1 is 0.897 bits per heavy atom. The van der Waals surface area contributed by atoms with Crippen LogP contribution < -0.4 is 4.72 Å². The van der Waals surface area contributed by atoms with E-state index < -0.39 is 16.0 Å². The first-order valence-electron chi connectivity index (χ1n) is 8.77. The predicted molar refractivity (Wildman–Crippen MR) is 112 cm³/mol. The number of carbonyl (C=O) groups is 1. The van der Waals surface area contributed by atoms with Gasteiger partial charge in [-0.2, -0.15) is 0 Å². The average Bonchev–Trinajstić information content (AvgIpc) is 2.72. The lowest BCUT2D eigenvalue weighted by atomic mass is 10.1. The summed E-state index contributed by atoms with van der Waals surface area (Å²) in [4.78, 5) is 11.8. The molecule has 0 atom stereocenters. The highest BCUT2D eigenvalue weighted by Gasteiger charge is 2.13. The number of aryl methyl sites for hydroxylation is 1. The van der Waals surface area contributed by atoms with Gasteiger partial charge in [-0.25, -0.2) is 13.2 Å². The fourth-order valence-corrected chi connectivity index (χ4v) is 3.63. The van der Waals surface area contributed by atoms with Crippen molar-refractivity contribution in [3.63, 3.8) is 0 Å². The van der Waals surface area contributed by atoms with Crippen molar-refractivity contribution >= 4 is 21.7 Å². The quantitative estimate of drug-likeness (QED) is 0.526. The first kappa shape index (κ1) is 20.2. The molecule has 0 aliphatic carbocycles. The lowest BCUT2D eigenvalue weighted by Crippen LogP contribution is -2.12. The smallest absolute Gasteiger partial charge is 0.337 e. The molecule has 0 saturated heterocycles. The largest absolute Gasteiger partial charge is 0.465 e. The number of methoxy groups -OCH3 is 1. The number of carbonyl (C=O) groups excluding carboxylic acids is 1. The van der Waals surface area contributed by atoms with Crippen LogP contribution in [0.4, 0.5) is 5.69 Å². The molecule has 146 valence electrons. The van der Waals surface area contributed by atoms with Crippen molar-refractivity contribution in [2.75, 3.05) is 11.8 Å². The Labute approximate surface area is 170 Å². The first-order valence-corrected chi connectivity index (χ1v) is 10.3. The van der Waals surface area contributed by atoms with Crippen molar-refractivity contribution in [1.82, 2.24) is 0 Å². The van der Waals surface area contributed by atoms with Gasteiger partial charge >= 0.3 is 5.97 Å². The van der Waals surface area contributed by atoms with Crippen molar-refractivity contribution in [2.45, 2.75) is 11.8 Å². The van der Waals surface area contributed by atoms with E-state index in [2.05, 4.69) is 16.6 Å². The van der Waals surface area contributed by atoms with Crippen LogP contribution in [-0.4, -0.2) is 21.5 Å². The molecular weight excluding hydrogens is 386 g/mol. The van der Waals surface area contributed by atoms with Gasteiger partial charge in [-0.15, -0.1) is 0 Å². The second-order valence-electron chi connectivity index (χ2n) is 6.32. The van der Waals surface area contributed by atoms with Gasteiger partial charge in [0.05, 0.1) is 23.3 Å². The van der Waals surface area contributed by atoms with Crippen LogP contribution in [0.2, 0.25) is 0 Å². The molecule has 29 heavy (non-hydrogen) atoms. The molecule has 6 heteroatoms. The molecule has 3 aromatic rings. The Kier molecular flexibility index (Phi) is 6.01. The van der Waals surface area contributed by atoms with Crippen molar-refractivity contribution in [1.29, 1.82) is 0 Å². The molecule has 0 saturated carbocycles. The molecule has 5 nitrogen and oxygen atoms in total. The van der Waals surface area contributed by atoms with E-state index in [4.69, 9.17) is 4.74 Å². The van der Waals surface area contributed by atoms with E-state index in [-0.39, 0.29) is 4.90 Å². The third-order valence-corrected chi connectivity index (χ3v) is 5.48. The zero-order valence-electron chi connectivity index (χ0n) is 16.0. The maximum Gasteiger partial charge on any atom is 0.337 e. The normalized spacial score (nSPS) is 10.6. The molecule has 0 amide bonds. The number of hydrogen-bond donors (Lipinski definition) is 1. The third-order valence-electron chi connectivity index (χ3n) is 4.08. The SMILES string of the molecule is COC(=O)c1cccc(C#Cc2cccc(NS(=O)(=O)c3ccc(C)cc3)c2)c1. The zero-order valence-corrected chi connectivity index (χ0v) is 16.8. The van der Waals surface area contributed by atoms with Gasteiger partial charge in [0.2, 0.25) is 0 Å². The minimum absolute atomic E-state index is 0.194. The summed E-state index contributed by atoms with van der Waals surface area (Å²) in [5.74, 6) is 5.53. The van der Waals surface area contributed by atoms with Gasteiger partial charge in [0.25, 0.3) is 10.0 Å². The highest BCUT2D eigenvalue weighted by molar-refractivity contribution is 7.92. The second-order valence-corrected chi connectivity index (χ2v) is 8.00. The summed E-state index contributed by atoms with van der Waals surface area (Å²) in [5.41, 5.74) is 3.10. The van der Waals surface area contributed by atoms with E-state index in [0.717, 1.165) is 5.56 Å². The molecule has 3 rings (SSSR count). The summed E-state index contributed by atoms with van der Waals surface area (Å²) >= 11 is 0. The topological polar surface area (TPSA) is 72.5 Å². The Hall–Kier alpha value is -3.56. The lowest BCUT2D eigenvalue weighted by Gasteiger charge is -2.08. The summed E-state index contributed by atoms with van der Waals surface area (Å²) in [5, 5.41) is 0. The molecule has 1 N–H and O–H groups in total. The average molecular weight is 405 g/mol. The van der Waals surface area contributed by atoms with Gasteiger partial charge in [-0.1, -0.05) is 41.7 Å². The maximum absolute atomic E-state index is 12.5. The van der Waals surface area contributed by atoms with Crippen LogP contribution >= 0.6 is 0 Å². The highest BCUT2D eigenvalue weighted by atomic mass is 32.2. The molecule has 0 heterocycles. The molecule has 0 radical (unpaired) electrons. The fourth-order valence-electron chi connectivity index (χ4n) is 2.58. The number of esters is 1. The zero-order chi connectivity index (χ0) is 20.9. The molecule has 0 fully saturated rings. The Morgan fingerprint density at radius 3 is 2.17 bits per heavy atom. The van der Waals surface area contributed by atoms with Gasteiger partial charge in [-0.3, -0.25) is 4.72 Å². The molecule has 0 spiro atoms. The van der Waals surface area contributed by atoms with E-state index in [0.29, 0.717) is 22.4 Å². The second kappa shape index (κ2) is 8.63. The van der Waals surface area contributed by atoms with Crippen LogP contribution in [0.15, 0.2) is 77.7 Å². The van der Waals surface area contributed by atoms with Gasteiger partial charge in [0.15, 0.2) is 0 Å². The number of benzene rings is 3. The third kappa shape index (κ3) is 5.24. The maximum atomic E-state index is 12.5. The number of sulfonamides is 1. The minimum Gasteiger partial charge on any atom is -0.465 e. The predicted octanol–water partition coefficient (Wildman–Crippen LogP) is 3.98. The summed E-state index contributed by atoms with van der Waals surface area (Å²) in [6.45, 7) is 1.90. The van der Waals surface area contributed by atoms with Crippen LogP contribution in [0.5, 0.6) is 0 Å². The Balaban J connectivity index is 1.81. The molecule has 0 aliphatic rings. The van der Waals surface area contributed by atoms with Crippen molar-refractivity contribution < 1.29 is 17.9 Å². The van der Waals surface area contributed by atoms with Gasteiger partial charge in [-0.05, 0) is 55.5 Å². The van der Waals surface area contributed by atoms with Crippen LogP contribution in [0.1, 0.15) is 27.0 Å². The Morgan fingerprint density at radius 2 is 1.52 bits per heavy atom. The molecule has 0 bridgehead atoms. The molecule has 0 aromatic heterocycles. The van der Waals surface area contributed by atoms with E-state index in [1.165, 1.54) is 7.11 Å². The standard InChI is InChI=1S/C23H19NO4S/c1-17-9-13-22(14-10-17)29(26,27)24-21-8-4-6-19(16-21)12-11-18-5-3-7-20(15-18)23(25)28-2/h3-10,13-16,24H,1-2H3. The van der Waals surface area contributed by atoms with E-state index in [1.807, 2.05) is 6.92 Å². The van der Waals surface area contributed by atoms with E-state index in [1.54, 1.807) is 72.8 Å². The molecule has 0 unspecified atom stereocenters. The summed E-state index contributed by atoms with van der Waals surface area (Å²) in [6.07, 6.45) is 0. The highest BCUT2D eigenvalue weighted by Crippen LogP contribution is 2.17. The van der Waals surface area contributed by atoms with Gasteiger partial charge in [0.1, 0.15) is 0 Å². The number of hydrogen-bond acceptors (Lipinski definition) is 4. The number of rotatable bonds is 4. The summed E-state index contributed by atoms with van der Waals surface area (Å²) in [6, 6.07) is 20.2. The monoisotopic (exact) mass is 405 g/mol. The van der Waals surface area contributed by atoms with E-state index >= 15 is 0 Å². The lowest BCUT2D eigenvalue weighted by molar-refractivity contribution is 0.0600.